The largest absolute Gasteiger partial charge is 0.377 e. The van der Waals surface area contributed by atoms with Gasteiger partial charge in [0, 0.05) is 25.4 Å². The Morgan fingerprint density at radius 1 is 1.63 bits per heavy atom. The molecule has 1 N–H and O–H groups in total. The fourth-order valence-electron chi connectivity index (χ4n) is 2.31. The summed E-state index contributed by atoms with van der Waals surface area (Å²) in [4.78, 5) is 0.249. The van der Waals surface area contributed by atoms with Crippen molar-refractivity contribution >= 4 is 10.0 Å². The van der Waals surface area contributed by atoms with Gasteiger partial charge in [-0.15, -0.1) is 0 Å². The predicted molar refractivity (Wildman–Crippen MR) is 71.4 cm³/mol. The van der Waals surface area contributed by atoms with Gasteiger partial charge in [-0.25, -0.2) is 13.1 Å². The molecule has 6 nitrogen and oxygen atoms in total. The second-order valence-electron chi connectivity index (χ2n) is 4.90. The molecule has 2 heterocycles. The maximum atomic E-state index is 12.3. The molecule has 1 aliphatic heterocycles. The summed E-state index contributed by atoms with van der Waals surface area (Å²) in [5.74, 6) is 0. The normalized spacial score (nSPS) is 21.7. The highest BCUT2D eigenvalue weighted by atomic mass is 32.2. The molecule has 1 fully saturated rings. The topological polar surface area (TPSA) is 73.2 Å². The van der Waals surface area contributed by atoms with Crippen molar-refractivity contribution in [3.05, 3.63) is 11.9 Å². The number of aryl methyl sites for hydroxylation is 2. The number of sulfonamides is 1. The summed E-state index contributed by atoms with van der Waals surface area (Å²) in [6, 6.07) is -0.225. The quantitative estimate of drug-likeness (QED) is 0.879. The van der Waals surface area contributed by atoms with Gasteiger partial charge in [0.1, 0.15) is 4.90 Å². The van der Waals surface area contributed by atoms with E-state index < -0.39 is 10.0 Å². The van der Waals surface area contributed by atoms with Crippen molar-refractivity contribution in [1.29, 1.82) is 0 Å². The van der Waals surface area contributed by atoms with Gasteiger partial charge in [0.25, 0.3) is 0 Å². The van der Waals surface area contributed by atoms with Gasteiger partial charge in [-0.1, -0.05) is 0 Å². The minimum atomic E-state index is -3.53. The Hall–Kier alpha value is -0.920. The number of hydrogen-bond donors (Lipinski definition) is 1. The molecule has 1 aromatic heterocycles. The van der Waals surface area contributed by atoms with Crippen molar-refractivity contribution in [1.82, 2.24) is 14.5 Å². The Morgan fingerprint density at radius 2 is 2.37 bits per heavy atom. The minimum Gasteiger partial charge on any atom is -0.377 e. The van der Waals surface area contributed by atoms with Crippen molar-refractivity contribution in [2.24, 2.45) is 0 Å². The first kappa shape index (κ1) is 14.5. The maximum absolute atomic E-state index is 12.3. The SMILES string of the molecule is CCn1cc(S(=O)(=O)N[C@H](C)[C@@H]2CCCO2)c(C)n1. The number of rotatable bonds is 5. The molecule has 0 aliphatic carbocycles. The molecule has 1 aromatic rings. The van der Waals surface area contributed by atoms with Crippen LogP contribution in [0.2, 0.25) is 0 Å². The van der Waals surface area contributed by atoms with Gasteiger partial charge in [0.15, 0.2) is 0 Å². The highest BCUT2D eigenvalue weighted by Crippen LogP contribution is 2.19. The fraction of sp³-hybridized carbons (Fsp3) is 0.750. The van der Waals surface area contributed by atoms with Crippen LogP contribution < -0.4 is 4.72 Å². The summed E-state index contributed by atoms with van der Waals surface area (Å²) in [7, 11) is -3.53. The highest BCUT2D eigenvalue weighted by Gasteiger charge is 2.28. The first-order valence-corrected chi connectivity index (χ1v) is 8.10. The molecular weight excluding hydrogens is 266 g/mol. The summed E-state index contributed by atoms with van der Waals surface area (Å²) < 4.78 is 34.5. The van der Waals surface area contributed by atoms with Crippen LogP contribution in [0.5, 0.6) is 0 Å². The maximum Gasteiger partial charge on any atom is 0.244 e. The monoisotopic (exact) mass is 287 g/mol. The lowest BCUT2D eigenvalue weighted by molar-refractivity contribution is 0.0902. The van der Waals surface area contributed by atoms with Crippen LogP contribution in [0.4, 0.5) is 0 Å². The smallest absolute Gasteiger partial charge is 0.244 e. The first-order valence-electron chi connectivity index (χ1n) is 6.62. The highest BCUT2D eigenvalue weighted by molar-refractivity contribution is 7.89. The average Bonchev–Trinajstić information content (AvgIpc) is 2.96. The second-order valence-corrected chi connectivity index (χ2v) is 6.58. The van der Waals surface area contributed by atoms with Gasteiger partial charge >= 0.3 is 0 Å². The van der Waals surface area contributed by atoms with Crippen molar-refractivity contribution in [3.63, 3.8) is 0 Å². The van der Waals surface area contributed by atoms with E-state index >= 15 is 0 Å². The van der Waals surface area contributed by atoms with Crippen LogP contribution >= 0.6 is 0 Å². The third-order valence-electron chi connectivity index (χ3n) is 3.38. The van der Waals surface area contributed by atoms with Crippen LogP contribution in [0.15, 0.2) is 11.1 Å². The van der Waals surface area contributed by atoms with Gasteiger partial charge in [-0.2, -0.15) is 5.10 Å². The van der Waals surface area contributed by atoms with E-state index in [-0.39, 0.29) is 17.0 Å². The number of ether oxygens (including phenoxy) is 1. The molecule has 0 bridgehead atoms. The van der Waals surface area contributed by atoms with Crippen LogP contribution in [-0.2, 0) is 21.3 Å². The van der Waals surface area contributed by atoms with E-state index in [9.17, 15) is 8.42 Å². The van der Waals surface area contributed by atoms with Gasteiger partial charge in [-0.05, 0) is 33.6 Å². The molecule has 0 amide bonds. The van der Waals surface area contributed by atoms with Gasteiger partial charge in [0.2, 0.25) is 10.0 Å². The van der Waals surface area contributed by atoms with E-state index in [1.165, 1.54) is 0 Å². The summed E-state index contributed by atoms with van der Waals surface area (Å²) in [5, 5.41) is 4.17. The van der Waals surface area contributed by atoms with Gasteiger partial charge in [0.05, 0.1) is 11.8 Å². The van der Waals surface area contributed by atoms with Gasteiger partial charge in [-0.3, -0.25) is 4.68 Å². The van der Waals surface area contributed by atoms with Crippen molar-refractivity contribution in [3.8, 4) is 0 Å². The van der Waals surface area contributed by atoms with E-state index in [2.05, 4.69) is 9.82 Å². The minimum absolute atomic E-state index is 0.0312. The van der Waals surface area contributed by atoms with Crippen LogP contribution in [0.3, 0.4) is 0 Å². The lowest BCUT2D eigenvalue weighted by atomic mass is 10.1. The third kappa shape index (κ3) is 3.16. The summed E-state index contributed by atoms with van der Waals surface area (Å²) in [6.45, 7) is 6.83. The van der Waals surface area contributed by atoms with Crippen LogP contribution in [0.25, 0.3) is 0 Å². The Morgan fingerprint density at radius 3 is 2.89 bits per heavy atom. The van der Waals surface area contributed by atoms with Crippen LogP contribution in [0.1, 0.15) is 32.4 Å². The van der Waals surface area contributed by atoms with Crippen molar-refractivity contribution < 1.29 is 13.2 Å². The summed E-state index contributed by atoms with van der Waals surface area (Å²) in [5.41, 5.74) is 0.522. The molecule has 0 spiro atoms. The lowest BCUT2D eigenvalue weighted by Gasteiger charge is -2.19. The standard InChI is InChI=1S/C12H21N3O3S/c1-4-15-8-12(10(3)13-15)19(16,17)14-9(2)11-6-5-7-18-11/h8-9,11,14H,4-7H2,1-3H3/t9-,11+/m1/s1. The van der Waals surface area contributed by atoms with Crippen molar-refractivity contribution in [2.45, 2.75) is 57.2 Å². The van der Waals surface area contributed by atoms with Crippen LogP contribution in [0, 0.1) is 6.92 Å². The molecular formula is C12H21N3O3S. The zero-order valence-corrected chi connectivity index (χ0v) is 12.4. The Balaban J connectivity index is 2.14. The number of nitrogens with one attached hydrogen (secondary N) is 1. The van der Waals surface area contributed by atoms with Gasteiger partial charge < -0.3 is 4.74 Å². The Labute approximate surface area is 114 Å². The molecule has 7 heteroatoms. The average molecular weight is 287 g/mol. The van der Waals surface area contributed by atoms with E-state index in [1.54, 1.807) is 17.8 Å². The molecule has 1 saturated heterocycles. The number of aromatic nitrogens is 2. The number of nitrogens with zero attached hydrogens (tertiary/aromatic N) is 2. The molecule has 0 aromatic carbocycles. The van der Waals surface area contributed by atoms with E-state index in [0.717, 1.165) is 12.8 Å². The van der Waals surface area contributed by atoms with E-state index in [0.29, 0.717) is 18.8 Å². The zero-order valence-electron chi connectivity index (χ0n) is 11.6. The van der Waals surface area contributed by atoms with Crippen LogP contribution in [-0.4, -0.2) is 37.0 Å². The fourth-order valence-corrected chi connectivity index (χ4v) is 3.76. The Bertz CT molecular complexity index is 532. The third-order valence-corrected chi connectivity index (χ3v) is 5.04. The molecule has 0 saturated carbocycles. The summed E-state index contributed by atoms with van der Waals surface area (Å²) >= 11 is 0. The number of hydrogen-bond acceptors (Lipinski definition) is 4. The predicted octanol–water partition coefficient (Wildman–Crippen LogP) is 1.06. The molecule has 108 valence electrons. The first-order chi connectivity index (χ1) is 8.94. The molecule has 1 aliphatic rings. The summed E-state index contributed by atoms with van der Waals surface area (Å²) in [6.07, 6.45) is 3.43. The second kappa shape index (κ2) is 5.60. The molecule has 2 rings (SSSR count). The van der Waals surface area contributed by atoms with E-state index in [1.807, 2.05) is 13.8 Å². The molecule has 2 atom stereocenters. The molecule has 19 heavy (non-hydrogen) atoms. The van der Waals surface area contributed by atoms with E-state index in [4.69, 9.17) is 4.74 Å². The lowest BCUT2D eigenvalue weighted by Crippen LogP contribution is -2.40. The van der Waals surface area contributed by atoms with Crippen molar-refractivity contribution in [2.75, 3.05) is 6.61 Å². The molecule has 0 unspecified atom stereocenters. The zero-order chi connectivity index (χ0) is 14.0. The molecule has 0 radical (unpaired) electrons. The Kier molecular flexibility index (Phi) is 4.27.